The van der Waals surface area contributed by atoms with Gasteiger partial charge in [0.15, 0.2) is 5.82 Å². The molecule has 31 heavy (non-hydrogen) atoms. The van der Waals surface area contributed by atoms with Gasteiger partial charge in [-0.1, -0.05) is 30.3 Å². The molecule has 2 N–H and O–H groups in total. The third kappa shape index (κ3) is 6.17. The minimum absolute atomic E-state index is 0.110. The number of sulfonamides is 1. The maximum atomic E-state index is 14.8. The van der Waals surface area contributed by atoms with Gasteiger partial charge in [0.25, 0.3) is 0 Å². The summed E-state index contributed by atoms with van der Waals surface area (Å²) in [5.41, 5.74) is 1.11. The van der Waals surface area contributed by atoms with Crippen LogP contribution in [0.25, 0.3) is 5.69 Å². The Morgan fingerprint density at radius 3 is 2.58 bits per heavy atom. The second-order valence-corrected chi connectivity index (χ2v) is 8.82. The van der Waals surface area contributed by atoms with E-state index in [0.29, 0.717) is 31.2 Å². The summed E-state index contributed by atoms with van der Waals surface area (Å²) in [7, 11) is -0.392. The Kier molecular flexibility index (Phi) is 7.50. The van der Waals surface area contributed by atoms with Crippen LogP contribution in [0.3, 0.4) is 0 Å². The number of benzene rings is 2. The van der Waals surface area contributed by atoms with Crippen LogP contribution in [0.2, 0.25) is 0 Å². The molecule has 0 unspecified atom stereocenters. The number of hydrogen-bond donors (Lipinski definition) is 1. The summed E-state index contributed by atoms with van der Waals surface area (Å²) in [6, 6.07) is 13.2. The molecule has 0 saturated carbocycles. The molecule has 1 heterocycles. The number of hydrogen-bond acceptors (Lipinski definition) is 6. The molecule has 0 atom stereocenters. The highest BCUT2D eigenvalue weighted by molar-refractivity contribution is 7.89. The molecule has 3 aromatic rings. The first-order valence-corrected chi connectivity index (χ1v) is 11.3. The minimum atomic E-state index is -4.01. The van der Waals surface area contributed by atoms with Crippen LogP contribution >= 0.6 is 0 Å². The number of primary sulfonamides is 1. The summed E-state index contributed by atoms with van der Waals surface area (Å²) < 4.78 is 44.4. The van der Waals surface area contributed by atoms with Gasteiger partial charge >= 0.3 is 0 Å². The Bertz CT molecular complexity index is 1120. The quantitative estimate of drug-likeness (QED) is 0.478. The van der Waals surface area contributed by atoms with Crippen LogP contribution in [0, 0.1) is 5.82 Å². The van der Waals surface area contributed by atoms with Crippen molar-refractivity contribution in [3.8, 4) is 5.69 Å². The van der Waals surface area contributed by atoms with Crippen LogP contribution in [0.4, 0.5) is 4.39 Å². The van der Waals surface area contributed by atoms with Crippen molar-refractivity contribution in [3.63, 3.8) is 0 Å². The van der Waals surface area contributed by atoms with Crippen LogP contribution < -0.4 is 5.14 Å². The van der Waals surface area contributed by atoms with Gasteiger partial charge in [-0.3, -0.25) is 4.90 Å². The SMILES string of the molecule is COCCCN(C)Cc1nc(Cc2ccccc2)n(-c2ccc(S(N)(=O)=O)cc2F)n1. The van der Waals surface area contributed by atoms with Crippen molar-refractivity contribution in [2.45, 2.75) is 24.3 Å². The molecule has 10 heteroatoms. The summed E-state index contributed by atoms with van der Waals surface area (Å²) >= 11 is 0. The van der Waals surface area contributed by atoms with E-state index in [-0.39, 0.29) is 10.6 Å². The van der Waals surface area contributed by atoms with Gasteiger partial charge in [-0.05, 0) is 37.2 Å². The van der Waals surface area contributed by atoms with Gasteiger partial charge in [-0.15, -0.1) is 5.10 Å². The molecular formula is C21H26FN5O3S. The van der Waals surface area contributed by atoms with Gasteiger partial charge in [-0.25, -0.2) is 27.6 Å². The van der Waals surface area contributed by atoms with Crippen molar-refractivity contribution < 1.29 is 17.5 Å². The van der Waals surface area contributed by atoms with Crippen LogP contribution in [-0.2, 0) is 27.7 Å². The van der Waals surface area contributed by atoms with Crippen molar-refractivity contribution in [3.05, 3.63) is 71.6 Å². The van der Waals surface area contributed by atoms with Gasteiger partial charge in [-0.2, -0.15) is 0 Å². The molecule has 1 aromatic heterocycles. The molecule has 0 aliphatic rings. The van der Waals surface area contributed by atoms with E-state index in [2.05, 4.69) is 15.0 Å². The van der Waals surface area contributed by atoms with Gasteiger partial charge in [0.1, 0.15) is 17.3 Å². The van der Waals surface area contributed by atoms with Crippen molar-refractivity contribution in [2.75, 3.05) is 27.3 Å². The van der Waals surface area contributed by atoms with Crippen molar-refractivity contribution >= 4 is 10.0 Å². The first-order valence-electron chi connectivity index (χ1n) is 9.77. The fourth-order valence-electron chi connectivity index (χ4n) is 3.18. The largest absolute Gasteiger partial charge is 0.385 e. The Morgan fingerprint density at radius 1 is 1.19 bits per heavy atom. The lowest BCUT2D eigenvalue weighted by Gasteiger charge is -2.13. The molecule has 0 aliphatic heterocycles. The van der Waals surface area contributed by atoms with E-state index in [9.17, 15) is 12.8 Å². The lowest BCUT2D eigenvalue weighted by Crippen LogP contribution is -2.21. The molecular weight excluding hydrogens is 421 g/mol. The van der Waals surface area contributed by atoms with E-state index in [1.54, 1.807) is 7.11 Å². The van der Waals surface area contributed by atoms with Gasteiger partial charge in [0.05, 0.1) is 11.4 Å². The van der Waals surface area contributed by atoms with Gasteiger partial charge < -0.3 is 4.74 Å². The third-order valence-corrected chi connectivity index (χ3v) is 5.61. The number of nitrogens with two attached hydrogens (primary N) is 1. The molecule has 166 valence electrons. The van der Waals surface area contributed by atoms with E-state index < -0.39 is 15.8 Å². The van der Waals surface area contributed by atoms with Crippen LogP contribution in [-0.4, -0.2) is 55.4 Å². The third-order valence-electron chi connectivity index (χ3n) is 4.70. The Labute approximate surface area is 181 Å². The van der Waals surface area contributed by atoms with E-state index >= 15 is 0 Å². The topological polar surface area (TPSA) is 103 Å². The summed E-state index contributed by atoms with van der Waals surface area (Å²) in [4.78, 5) is 6.40. The predicted octanol–water partition coefficient (Wildman–Crippen LogP) is 2.11. The standard InChI is InChI=1S/C21H26FN5O3S/c1-26(11-6-12-30-2)15-20-24-21(13-16-7-4-3-5-8-16)27(25-20)19-10-9-17(14-18(19)22)31(23,28)29/h3-5,7-10,14H,6,11-13,15H2,1-2H3,(H2,23,28,29). The van der Waals surface area contributed by atoms with Gasteiger partial charge in [0, 0.05) is 26.7 Å². The highest BCUT2D eigenvalue weighted by Gasteiger charge is 2.18. The van der Waals surface area contributed by atoms with E-state index in [1.807, 2.05) is 37.4 Å². The maximum Gasteiger partial charge on any atom is 0.238 e. The Morgan fingerprint density at radius 2 is 1.94 bits per heavy atom. The number of halogens is 1. The zero-order chi connectivity index (χ0) is 22.4. The Balaban J connectivity index is 1.94. The Hall–Kier alpha value is -2.66. The number of methoxy groups -OCH3 is 1. The molecule has 2 aromatic carbocycles. The average Bonchev–Trinajstić information content (AvgIpc) is 3.09. The molecule has 0 bridgehead atoms. The van der Waals surface area contributed by atoms with E-state index in [1.165, 1.54) is 16.8 Å². The second-order valence-electron chi connectivity index (χ2n) is 7.26. The van der Waals surface area contributed by atoms with Gasteiger partial charge in [0.2, 0.25) is 10.0 Å². The molecule has 0 spiro atoms. The van der Waals surface area contributed by atoms with E-state index in [0.717, 1.165) is 24.6 Å². The first-order chi connectivity index (χ1) is 14.8. The van der Waals surface area contributed by atoms with Crippen LogP contribution in [0.1, 0.15) is 23.6 Å². The monoisotopic (exact) mass is 447 g/mol. The molecule has 8 nitrogen and oxygen atoms in total. The first kappa shape index (κ1) is 23.0. The zero-order valence-electron chi connectivity index (χ0n) is 17.5. The number of aromatic nitrogens is 3. The highest BCUT2D eigenvalue weighted by Crippen LogP contribution is 2.20. The lowest BCUT2D eigenvalue weighted by molar-refractivity contribution is 0.177. The lowest BCUT2D eigenvalue weighted by atomic mass is 10.1. The normalized spacial score (nSPS) is 11.9. The molecule has 0 radical (unpaired) electrons. The maximum absolute atomic E-state index is 14.8. The molecule has 0 fully saturated rings. The molecule has 3 rings (SSSR count). The van der Waals surface area contributed by atoms with Crippen molar-refractivity contribution in [2.24, 2.45) is 5.14 Å². The summed E-state index contributed by atoms with van der Waals surface area (Å²) in [5, 5.41) is 9.62. The van der Waals surface area contributed by atoms with Crippen molar-refractivity contribution in [1.82, 2.24) is 19.7 Å². The zero-order valence-corrected chi connectivity index (χ0v) is 18.3. The molecule has 0 saturated heterocycles. The highest BCUT2D eigenvalue weighted by atomic mass is 32.2. The summed E-state index contributed by atoms with van der Waals surface area (Å²) in [6.07, 6.45) is 1.31. The second kappa shape index (κ2) is 10.1. The number of nitrogens with zero attached hydrogens (tertiary/aromatic N) is 4. The minimum Gasteiger partial charge on any atom is -0.385 e. The van der Waals surface area contributed by atoms with E-state index in [4.69, 9.17) is 9.88 Å². The summed E-state index contributed by atoms with van der Waals surface area (Å²) in [6.45, 7) is 1.94. The smallest absolute Gasteiger partial charge is 0.238 e. The molecule has 0 amide bonds. The number of rotatable bonds is 10. The number of ether oxygens (including phenoxy) is 1. The van der Waals surface area contributed by atoms with Crippen LogP contribution in [0.15, 0.2) is 53.4 Å². The fourth-order valence-corrected chi connectivity index (χ4v) is 3.71. The predicted molar refractivity (Wildman–Crippen MR) is 115 cm³/mol. The molecule has 0 aliphatic carbocycles. The summed E-state index contributed by atoms with van der Waals surface area (Å²) in [5.74, 6) is 0.347. The van der Waals surface area contributed by atoms with Crippen LogP contribution in [0.5, 0.6) is 0 Å². The fraction of sp³-hybridized carbons (Fsp3) is 0.333. The average molecular weight is 448 g/mol. The van der Waals surface area contributed by atoms with Crippen molar-refractivity contribution in [1.29, 1.82) is 0 Å².